The number of amides is 1. The van der Waals surface area contributed by atoms with Gasteiger partial charge >= 0.3 is 5.69 Å². The molecule has 1 amide bonds. The molecule has 1 aliphatic heterocycles. The fourth-order valence-electron chi connectivity index (χ4n) is 3.56. The Kier molecular flexibility index (Phi) is 8.69. The van der Waals surface area contributed by atoms with Gasteiger partial charge in [-0.25, -0.2) is 13.2 Å². The van der Waals surface area contributed by atoms with E-state index in [0.717, 1.165) is 23.9 Å². The minimum absolute atomic E-state index is 0. The molecule has 1 aromatic carbocycles. The van der Waals surface area contributed by atoms with Gasteiger partial charge in [-0.1, -0.05) is 0 Å². The van der Waals surface area contributed by atoms with E-state index in [1.165, 1.54) is 17.7 Å². The van der Waals surface area contributed by atoms with E-state index < -0.39 is 10.0 Å². The second kappa shape index (κ2) is 10.9. The molecule has 0 aliphatic carbocycles. The molecule has 13 heteroatoms. The number of nitrogens with zero attached hydrogens (tertiary/aromatic N) is 4. The first-order chi connectivity index (χ1) is 15.0. The SMILES string of the molecule is Cl.Cn1c(N2CCN(CCNC(=O)c3ccc(NS(C)(=O)=O)cc3)CC2)cc(=O)n(C)c1=O. The Bertz CT molecular complexity index is 1200. The van der Waals surface area contributed by atoms with E-state index in [9.17, 15) is 22.8 Å². The van der Waals surface area contributed by atoms with Crippen LogP contribution in [0.5, 0.6) is 0 Å². The standard InChI is InChI=1S/C20H28N6O5S.ClH/c1-23-17(14-18(27)24(2)20(23)29)26-12-10-25(11-13-26)9-8-21-19(28)15-4-6-16(7-5-15)22-32(3,30)31;/h4-7,14,22H,8-13H2,1-3H3,(H,21,28);1H. The molecule has 0 saturated carbocycles. The van der Waals surface area contributed by atoms with Crippen molar-refractivity contribution in [3.05, 3.63) is 56.7 Å². The molecular formula is C20H29ClN6O5S. The summed E-state index contributed by atoms with van der Waals surface area (Å²) in [5, 5.41) is 2.86. The Labute approximate surface area is 198 Å². The summed E-state index contributed by atoms with van der Waals surface area (Å²) in [6, 6.07) is 7.69. The van der Waals surface area contributed by atoms with Crippen molar-refractivity contribution < 1.29 is 13.2 Å². The molecule has 2 heterocycles. The highest BCUT2D eigenvalue weighted by atomic mass is 35.5. The molecule has 0 bridgehead atoms. The Morgan fingerprint density at radius 1 is 1.00 bits per heavy atom. The van der Waals surface area contributed by atoms with Crippen molar-refractivity contribution >= 4 is 39.8 Å². The first-order valence-electron chi connectivity index (χ1n) is 10.2. The summed E-state index contributed by atoms with van der Waals surface area (Å²) >= 11 is 0. The molecule has 1 saturated heterocycles. The number of hydrogen-bond acceptors (Lipinski definition) is 7. The van der Waals surface area contributed by atoms with Crippen LogP contribution in [0.1, 0.15) is 10.4 Å². The van der Waals surface area contributed by atoms with Crippen molar-refractivity contribution in [1.29, 1.82) is 0 Å². The van der Waals surface area contributed by atoms with Gasteiger partial charge in [0.2, 0.25) is 10.0 Å². The van der Waals surface area contributed by atoms with Crippen LogP contribution in [0.25, 0.3) is 0 Å². The van der Waals surface area contributed by atoms with Crippen molar-refractivity contribution in [1.82, 2.24) is 19.4 Å². The van der Waals surface area contributed by atoms with Crippen LogP contribution in [-0.2, 0) is 24.1 Å². The maximum atomic E-state index is 12.3. The minimum Gasteiger partial charge on any atom is -0.355 e. The van der Waals surface area contributed by atoms with Crippen molar-refractivity contribution in [2.45, 2.75) is 0 Å². The van der Waals surface area contributed by atoms with Gasteiger partial charge in [-0.05, 0) is 24.3 Å². The zero-order valence-corrected chi connectivity index (χ0v) is 20.4. The van der Waals surface area contributed by atoms with E-state index in [4.69, 9.17) is 0 Å². The van der Waals surface area contributed by atoms with Crippen LogP contribution in [0.2, 0.25) is 0 Å². The van der Waals surface area contributed by atoms with Gasteiger partial charge < -0.3 is 10.2 Å². The second-order valence-electron chi connectivity index (χ2n) is 7.78. The molecule has 1 fully saturated rings. The fraction of sp³-hybridized carbons (Fsp3) is 0.450. The Hall–Kier alpha value is -2.83. The van der Waals surface area contributed by atoms with Gasteiger partial charge in [-0.2, -0.15) is 0 Å². The first kappa shape index (κ1) is 26.4. The van der Waals surface area contributed by atoms with Gasteiger partial charge in [0.05, 0.1) is 6.26 Å². The molecule has 33 heavy (non-hydrogen) atoms. The predicted molar refractivity (Wildman–Crippen MR) is 130 cm³/mol. The maximum Gasteiger partial charge on any atom is 0.332 e. The number of aromatic nitrogens is 2. The van der Waals surface area contributed by atoms with Crippen molar-refractivity contribution in [2.75, 3.05) is 55.1 Å². The molecule has 0 unspecified atom stereocenters. The minimum atomic E-state index is -3.36. The van der Waals surface area contributed by atoms with Crippen molar-refractivity contribution in [3.8, 4) is 0 Å². The Morgan fingerprint density at radius 3 is 2.18 bits per heavy atom. The van der Waals surface area contributed by atoms with Gasteiger partial charge in [0.25, 0.3) is 11.5 Å². The van der Waals surface area contributed by atoms with Gasteiger partial charge in [0, 0.05) is 70.7 Å². The van der Waals surface area contributed by atoms with Crippen LogP contribution in [0.4, 0.5) is 11.5 Å². The van der Waals surface area contributed by atoms with Crippen molar-refractivity contribution in [3.63, 3.8) is 0 Å². The fourth-order valence-corrected chi connectivity index (χ4v) is 4.12. The number of halogens is 1. The van der Waals surface area contributed by atoms with E-state index in [1.807, 2.05) is 4.90 Å². The van der Waals surface area contributed by atoms with Crippen LogP contribution in [0, 0.1) is 0 Å². The number of piperazine rings is 1. The first-order valence-corrected chi connectivity index (χ1v) is 12.0. The third-order valence-electron chi connectivity index (χ3n) is 5.36. The van der Waals surface area contributed by atoms with E-state index >= 15 is 0 Å². The number of hydrogen-bond donors (Lipinski definition) is 2. The Morgan fingerprint density at radius 2 is 1.61 bits per heavy atom. The van der Waals surface area contributed by atoms with Crippen molar-refractivity contribution in [2.24, 2.45) is 14.1 Å². The summed E-state index contributed by atoms with van der Waals surface area (Å²) in [6.45, 7) is 3.96. The number of anilines is 2. The van der Waals surface area contributed by atoms with Gasteiger partial charge in [-0.3, -0.25) is 28.3 Å². The monoisotopic (exact) mass is 500 g/mol. The summed E-state index contributed by atoms with van der Waals surface area (Å²) in [7, 11) is -0.245. The smallest absolute Gasteiger partial charge is 0.332 e. The van der Waals surface area contributed by atoms with E-state index in [-0.39, 0.29) is 29.6 Å². The number of sulfonamides is 1. The highest BCUT2D eigenvalue weighted by Gasteiger charge is 2.20. The molecule has 0 radical (unpaired) electrons. The summed E-state index contributed by atoms with van der Waals surface area (Å²) in [4.78, 5) is 40.6. The summed E-state index contributed by atoms with van der Waals surface area (Å²) in [6.07, 6.45) is 1.06. The lowest BCUT2D eigenvalue weighted by molar-refractivity contribution is 0.0947. The Balaban J connectivity index is 0.00000385. The van der Waals surface area contributed by atoms with Gasteiger partial charge in [-0.15, -0.1) is 12.4 Å². The van der Waals surface area contributed by atoms with Crippen LogP contribution < -0.4 is 26.2 Å². The summed E-state index contributed by atoms with van der Waals surface area (Å²) in [5.74, 6) is 0.379. The lowest BCUT2D eigenvalue weighted by Crippen LogP contribution is -2.50. The average Bonchev–Trinajstić information content (AvgIpc) is 2.74. The molecule has 1 aliphatic rings. The van der Waals surface area contributed by atoms with Gasteiger partial charge in [0.15, 0.2) is 0 Å². The number of carbonyl (C=O) groups is 1. The number of nitrogens with one attached hydrogen (secondary N) is 2. The summed E-state index contributed by atoms with van der Waals surface area (Å²) in [5.41, 5.74) is 0.169. The molecule has 0 atom stereocenters. The quantitative estimate of drug-likeness (QED) is 0.521. The summed E-state index contributed by atoms with van der Waals surface area (Å²) < 4.78 is 27.4. The largest absolute Gasteiger partial charge is 0.355 e. The molecule has 1 aromatic heterocycles. The van der Waals surface area contributed by atoms with E-state index in [1.54, 1.807) is 31.3 Å². The lowest BCUT2D eigenvalue weighted by atomic mass is 10.2. The number of rotatable bonds is 7. The van der Waals surface area contributed by atoms with Crippen LogP contribution in [-0.4, -0.2) is 73.9 Å². The molecule has 182 valence electrons. The lowest BCUT2D eigenvalue weighted by Gasteiger charge is -2.36. The molecule has 2 N–H and O–H groups in total. The molecular weight excluding hydrogens is 472 g/mol. The highest BCUT2D eigenvalue weighted by Crippen LogP contribution is 2.13. The second-order valence-corrected chi connectivity index (χ2v) is 9.53. The zero-order valence-electron chi connectivity index (χ0n) is 18.8. The molecule has 11 nitrogen and oxygen atoms in total. The van der Waals surface area contributed by atoms with Crippen LogP contribution in [0.15, 0.2) is 39.9 Å². The molecule has 3 rings (SSSR count). The third-order valence-corrected chi connectivity index (χ3v) is 5.97. The predicted octanol–water partition coefficient (Wildman–Crippen LogP) is -0.571. The van der Waals surface area contributed by atoms with E-state index in [0.29, 0.717) is 43.2 Å². The maximum absolute atomic E-state index is 12.3. The third kappa shape index (κ3) is 6.83. The van der Waals surface area contributed by atoms with Crippen LogP contribution in [0.3, 0.4) is 0 Å². The average molecular weight is 501 g/mol. The molecule has 0 spiro atoms. The topological polar surface area (TPSA) is 126 Å². The van der Waals surface area contributed by atoms with Gasteiger partial charge in [0.1, 0.15) is 5.82 Å². The van der Waals surface area contributed by atoms with Crippen LogP contribution >= 0.6 is 12.4 Å². The molecule has 2 aromatic rings. The number of carbonyl (C=O) groups excluding carboxylic acids is 1. The highest BCUT2D eigenvalue weighted by molar-refractivity contribution is 7.92. The normalized spacial score (nSPS) is 14.5. The zero-order chi connectivity index (χ0) is 23.5. The number of benzene rings is 1. The van der Waals surface area contributed by atoms with E-state index in [2.05, 4.69) is 14.9 Å².